The quantitative estimate of drug-likeness (QED) is 0.833. The summed E-state index contributed by atoms with van der Waals surface area (Å²) in [6.45, 7) is 4.13. The standard InChI is InChI=1S/C22H31N5O/c1-25-15-19(13-24-25)22-18(11-21(28)26(22)2)12-23-20-9-6-10-27(16-20)14-17-7-4-3-5-8-17/h3-5,7-8,13,15,18,20,22-23H,6,9-12,14,16H2,1-2H3/t18-,20-,22+/m0/s1. The molecule has 1 aromatic heterocycles. The minimum atomic E-state index is 0.123. The Morgan fingerprint density at radius 3 is 2.79 bits per heavy atom. The number of aromatic nitrogens is 2. The predicted octanol–water partition coefficient (Wildman–Crippen LogP) is 2.19. The number of likely N-dealkylation sites (tertiary alicyclic amines) is 2. The highest BCUT2D eigenvalue weighted by molar-refractivity contribution is 5.79. The van der Waals surface area contributed by atoms with Crippen LogP contribution in [-0.4, -0.2) is 58.2 Å². The molecule has 2 aromatic rings. The lowest BCUT2D eigenvalue weighted by Crippen LogP contribution is -2.46. The van der Waals surface area contributed by atoms with Gasteiger partial charge in [0, 0.05) is 63.9 Å². The highest BCUT2D eigenvalue weighted by Crippen LogP contribution is 2.36. The largest absolute Gasteiger partial charge is 0.338 e. The number of benzene rings is 1. The van der Waals surface area contributed by atoms with E-state index in [1.54, 1.807) is 0 Å². The molecule has 2 aliphatic heterocycles. The maximum absolute atomic E-state index is 12.3. The summed E-state index contributed by atoms with van der Waals surface area (Å²) in [5, 5.41) is 8.09. The van der Waals surface area contributed by atoms with Crippen molar-refractivity contribution in [2.75, 3.05) is 26.7 Å². The van der Waals surface area contributed by atoms with Crippen LogP contribution >= 0.6 is 0 Å². The van der Waals surface area contributed by atoms with E-state index in [2.05, 4.69) is 45.6 Å². The molecule has 4 rings (SSSR count). The Labute approximate surface area is 167 Å². The lowest BCUT2D eigenvalue weighted by Gasteiger charge is -2.34. The first-order chi connectivity index (χ1) is 13.6. The topological polar surface area (TPSA) is 53.4 Å². The molecule has 6 heteroatoms. The third-order valence-electron chi connectivity index (χ3n) is 6.18. The van der Waals surface area contributed by atoms with Crippen molar-refractivity contribution in [2.24, 2.45) is 13.0 Å². The van der Waals surface area contributed by atoms with Crippen LogP contribution in [0.1, 0.15) is 36.4 Å². The van der Waals surface area contributed by atoms with Crippen LogP contribution in [0.4, 0.5) is 0 Å². The molecule has 0 spiro atoms. The van der Waals surface area contributed by atoms with Gasteiger partial charge in [-0.1, -0.05) is 30.3 Å². The fraction of sp³-hybridized carbons (Fsp3) is 0.545. The van der Waals surface area contributed by atoms with E-state index in [4.69, 9.17) is 0 Å². The zero-order valence-electron chi connectivity index (χ0n) is 16.9. The molecule has 0 bridgehead atoms. The fourth-order valence-electron chi connectivity index (χ4n) is 4.75. The number of amides is 1. The highest BCUT2D eigenvalue weighted by Gasteiger charge is 2.39. The molecule has 2 aliphatic rings. The molecule has 0 aliphatic carbocycles. The van der Waals surface area contributed by atoms with Gasteiger partial charge in [-0.25, -0.2) is 0 Å². The Bertz CT molecular complexity index is 789. The SMILES string of the molecule is CN1C(=O)C[C@@H](CN[C@H]2CCCN(Cc3ccccc3)C2)[C@@H]1c1cnn(C)c1. The predicted molar refractivity (Wildman–Crippen MR) is 110 cm³/mol. The van der Waals surface area contributed by atoms with Crippen molar-refractivity contribution in [2.45, 2.75) is 37.9 Å². The number of nitrogens with one attached hydrogen (secondary N) is 1. The van der Waals surface area contributed by atoms with E-state index < -0.39 is 0 Å². The van der Waals surface area contributed by atoms with Crippen molar-refractivity contribution in [1.29, 1.82) is 0 Å². The van der Waals surface area contributed by atoms with Crippen molar-refractivity contribution in [1.82, 2.24) is 24.9 Å². The Balaban J connectivity index is 1.34. The second-order valence-electron chi connectivity index (χ2n) is 8.33. The van der Waals surface area contributed by atoms with E-state index in [1.165, 1.54) is 18.4 Å². The van der Waals surface area contributed by atoms with Crippen LogP contribution in [0.25, 0.3) is 0 Å². The molecular formula is C22H31N5O. The van der Waals surface area contributed by atoms with Crippen LogP contribution in [0, 0.1) is 5.92 Å². The highest BCUT2D eigenvalue weighted by atomic mass is 16.2. The monoisotopic (exact) mass is 381 g/mol. The molecule has 1 amide bonds. The van der Waals surface area contributed by atoms with Crippen LogP contribution in [0.3, 0.4) is 0 Å². The summed E-state index contributed by atoms with van der Waals surface area (Å²) in [5.74, 6) is 0.529. The van der Waals surface area contributed by atoms with E-state index in [0.717, 1.165) is 31.7 Å². The number of carbonyl (C=O) groups is 1. The molecule has 1 aromatic carbocycles. The maximum atomic E-state index is 12.3. The molecule has 0 unspecified atom stereocenters. The molecule has 28 heavy (non-hydrogen) atoms. The van der Waals surface area contributed by atoms with Crippen LogP contribution in [0.15, 0.2) is 42.7 Å². The number of hydrogen-bond acceptors (Lipinski definition) is 4. The Morgan fingerprint density at radius 1 is 1.21 bits per heavy atom. The smallest absolute Gasteiger partial charge is 0.223 e. The van der Waals surface area contributed by atoms with Gasteiger partial charge in [-0.05, 0) is 24.9 Å². The van der Waals surface area contributed by atoms with Gasteiger partial charge in [0.2, 0.25) is 5.91 Å². The van der Waals surface area contributed by atoms with Gasteiger partial charge in [0.15, 0.2) is 0 Å². The van der Waals surface area contributed by atoms with E-state index >= 15 is 0 Å². The van der Waals surface area contributed by atoms with Crippen molar-refractivity contribution in [3.8, 4) is 0 Å². The van der Waals surface area contributed by atoms with Gasteiger partial charge in [0.1, 0.15) is 0 Å². The number of carbonyl (C=O) groups excluding carboxylic acids is 1. The number of hydrogen-bond donors (Lipinski definition) is 1. The first-order valence-electron chi connectivity index (χ1n) is 10.3. The molecule has 0 radical (unpaired) electrons. The number of piperidine rings is 1. The summed E-state index contributed by atoms with van der Waals surface area (Å²) < 4.78 is 1.82. The van der Waals surface area contributed by atoms with Gasteiger partial charge in [-0.2, -0.15) is 5.10 Å². The molecule has 1 N–H and O–H groups in total. The maximum Gasteiger partial charge on any atom is 0.223 e. The van der Waals surface area contributed by atoms with Crippen LogP contribution in [0.2, 0.25) is 0 Å². The van der Waals surface area contributed by atoms with Crippen LogP contribution < -0.4 is 5.32 Å². The molecule has 3 atom stereocenters. The van der Waals surface area contributed by atoms with Crippen molar-refractivity contribution < 1.29 is 4.79 Å². The van der Waals surface area contributed by atoms with Crippen molar-refractivity contribution in [3.63, 3.8) is 0 Å². The third kappa shape index (κ3) is 4.28. The van der Waals surface area contributed by atoms with Crippen LogP contribution in [0.5, 0.6) is 0 Å². The summed E-state index contributed by atoms with van der Waals surface area (Å²) in [7, 11) is 3.85. The van der Waals surface area contributed by atoms with Crippen LogP contribution in [-0.2, 0) is 18.4 Å². The Hall–Kier alpha value is -2.18. The summed E-state index contributed by atoms with van der Waals surface area (Å²) in [6.07, 6.45) is 6.98. The molecule has 150 valence electrons. The minimum Gasteiger partial charge on any atom is -0.338 e. The van der Waals surface area contributed by atoms with E-state index in [0.29, 0.717) is 18.4 Å². The van der Waals surface area contributed by atoms with E-state index in [1.807, 2.05) is 36.1 Å². The van der Waals surface area contributed by atoms with Gasteiger partial charge < -0.3 is 10.2 Å². The molecular weight excluding hydrogens is 350 g/mol. The first-order valence-corrected chi connectivity index (χ1v) is 10.3. The Morgan fingerprint density at radius 2 is 2.04 bits per heavy atom. The zero-order chi connectivity index (χ0) is 19.5. The summed E-state index contributed by atoms with van der Waals surface area (Å²) in [4.78, 5) is 16.8. The van der Waals surface area contributed by atoms with Gasteiger partial charge in [0.05, 0.1) is 12.2 Å². The third-order valence-corrected chi connectivity index (χ3v) is 6.18. The summed E-state index contributed by atoms with van der Waals surface area (Å²) in [6, 6.07) is 11.3. The molecule has 2 saturated heterocycles. The number of nitrogens with zero attached hydrogens (tertiary/aromatic N) is 4. The summed E-state index contributed by atoms with van der Waals surface area (Å²) in [5.41, 5.74) is 2.51. The molecule has 3 heterocycles. The van der Waals surface area contributed by atoms with Gasteiger partial charge >= 0.3 is 0 Å². The molecule has 2 fully saturated rings. The second kappa shape index (κ2) is 8.45. The van der Waals surface area contributed by atoms with Gasteiger partial charge in [-0.15, -0.1) is 0 Å². The van der Waals surface area contributed by atoms with Gasteiger partial charge in [-0.3, -0.25) is 14.4 Å². The zero-order valence-corrected chi connectivity index (χ0v) is 16.9. The van der Waals surface area contributed by atoms with E-state index in [9.17, 15) is 4.79 Å². The minimum absolute atomic E-state index is 0.123. The first kappa shape index (κ1) is 19.2. The van der Waals surface area contributed by atoms with Crippen molar-refractivity contribution >= 4 is 5.91 Å². The lowest BCUT2D eigenvalue weighted by atomic mass is 9.94. The Kier molecular flexibility index (Phi) is 5.78. The average Bonchev–Trinajstić information content (AvgIpc) is 3.24. The van der Waals surface area contributed by atoms with E-state index in [-0.39, 0.29) is 11.9 Å². The normalized spacial score (nSPS) is 26.1. The molecule has 0 saturated carbocycles. The average molecular weight is 382 g/mol. The fourth-order valence-corrected chi connectivity index (χ4v) is 4.75. The lowest BCUT2D eigenvalue weighted by molar-refractivity contribution is -0.127. The summed E-state index contributed by atoms with van der Waals surface area (Å²) >= 11 is 0. The van der Waals surface area contributed by atoms with Crippen molar-refractivity contribution in [3.05, 3.63) is 53.9 Å². The number of aryl methyl sites for hydroxylation is 1. The van der Waals surface area contributed by atoms with Gasteiger partial charge in [0.25, 0.3) is 0 Å². The number of rotatable bonds is 6. The molecule has 6 nitrogen and oxygen atoms in total. The second-order valence-corrected chi connectivity index (χ2v) is 8.33.